The molecule has 2 aliphatic rings. The average Bonchev–Trinajstić information content (AvgIpc) is 3.23. The highest BCUT2D eigenvalue weighted by Crippen LogP contribution is 2.47. The molecule has 128 valence electrons. The molecule has 2 aromatic rings. The zero-order valence-corrected chi connectivity index (χ0v) is 15.7. The molecule has 0 bridgehead atoms. The van der Waals surface area contributed by atoms with Gasteiger partial charge < -0.3 is 0 Å². The molecule has 0 N–H and O–H groups in total. The number of fused-ring (bicyclic) bond motifs is 1. The molecule has 1 saturated heterocycles. The van der Waals surface area contributed by atoms with Gasteiger partial charge in [-0.3, -0.25) is 9.80 Å². The molecule has 0 spiro atoms. The van der Waals surface area contributed by atoms with Crippen LogP contribution in [0.4, 0.5) is 0 Å². The van der Waals surface area contributed by atoms with Crippen LogP contribution in [0.25, 0.3) is 5.65 Å². The quantitative estimate of drug-likeness (QED) is 0.789. The van der Waals surface area contributed by atoms with Gasteiger partial charge in [0, 0.05) is 31.6 Å². The number of halogens is 1. The largest absolute Gasteiger partial charge is 0.286 e. The Bertz CT molecular complexity index is 798. The minimum Gasteiger partial charge on any atom is -0.270 e. The van der Waals surface area contributed by atoms with Gasteiger partial charge in [0.05, 0.1) is 5.69 Å². The molecule has 2 fully saturated rings. The number of amides is 1. The van der Waals surface area contributed by atoms with Crippen molar-refractivity contribution in [1.29, 1.82) is 0 Å². The van der Waals surface area contributed by atoms with Crippen LogP contribution >= 0.6 is 15.9 Å². The first-order valence-electron chi connectivity index (χ1n) is 8.58. The summed E-state index contributed by atoms with van der Waals surface area (Å²) in [6.07, 6.45) is 5.59. The first kappa shape index (κ1) is 16.0. The lowest BCUT2D eigenvalue weighted by Crippen LogP contribution is -2.44. The predicted molar refractivity (Wildman–Crippen MR) is 94.8 cm³/mol. The first-order valence-corrected chi connectivity index (χ1v) is 9.37. The van der Waals surface area contributed by atoms with Crippen LogP contribution in [0.1, 0.15) is 55.2 Å². The standard InChI is InChI=1S/C17H22BrN5O/c1-17(6-7-17)13-10-12(19-15-11-14(18)20-23(13)15)16(24)22-9-5-3-4-8-21(22)2/h10-11H,3-9H2,1-2H3. The summed E-state index contributed by atoms with van der Waals surface area (Å²) in [5.74, 6) is -0.00952. The fourth-order valence-corrected chi connectivity index (χ4v) is 3.75. The highest BCUT2D eigenvalue weighted by molar-refractivity contribution is 9.10. The molecule has 1 aliphatic carbocycles. The van der Waals surface area contributed by atoms with Gasteiger partial charge in [0.15, 0.2) is 5.65 Å². The van der Waals surface area contributed by atoms with Crippen molar-refractivity contribution < 1.29 is 4.79 Å². The first-order chi connectivity index (χ1) is 11.5. The van der Waals surface area contributed by atoms with E-state index in [0.717, 1.165) is 54.7 Å². The van der Waals surface area contributed by atoms with Crippen molar-refractivity contribution in [2.45, 2.75) is 44.4 Å². The summed E-state index contributed by atoms with van der Waals surface area (Å²) in [6, 6.07) is 3.82. The van der Waals surface area contributed by atoms with E-state index in [2.05, 4.69) is 32.9 Å². The van der Waals surface area contributed by atoms with Crippen molar-refractivity contribution in [1.82, 2.24) is 24.6 Å². The zero-order valence-electron chi connectivity index (χ0n) is 14.1. The number of nitrogens with zero attached hydrogens (tertiary/aromatic N) is 5. The van der Waals surface area contributed by atoms with Crippen LogP contribution in [0.3, 0.4) is 0 Å². The minimum absolute atomic E-state index is 0.00952. The van der Waals surface area contributed by atoms with E-state index in [-0.39, 0.29) is 11.3 Å². The van der Waals surface area contributed by atoms with Crippen molar-refractivity contribution in [3.63, 3.8) is 0 Å². The molecule has 0 radical (unpaired) electrons. The summed E-state index contributed by atoms with van der Waals surface area (Å²) >= 11 is 3.43. The van der Waals surface area contributed by atoms with Gasteiger partial charge in [0.25, 0.3) is 5.91 Å². The summed E-state index contributed by atoms with van der Waals surface area (Å²) in [5, 5.41) is 8.38. The number of carbonyl (C=O) groups excluding carboxylic acids is 1. The molecule has 7 heteroatoms. The third kappa shape index (κ3) is 2.73. The molecular weight excluding hydrogens is 370 g/mol. The van der Waals surface area contributed by atoms with E-state index in [1.165, 1.54) is 6.42 Å². The number of aromatic nitrogens is 3. The van der Waals surface area contributed by atoms with Crippen LogP contribution in [0, 0.1) is 0 Å². The van der Waals surface area contributed by atoms with E-state index in [9.17, 15) is 4.79 Å². The number of hydrogen-bond acceptors (Lipinski definition) is 4. The van der Waals surface area contributed by atoms with Gasteiger partial charge >= 0.3 is 0 Å². The molecule has 4 rings (SSSR count). The molecule has 6 nitrogen and oxygen atoms in total. The van der Waals surface area contributed by atoms with Crippen LogP contribution in [0.5, 0.6) is 0 Å². The van der Waals surface area contributed by atoms with Crippen molar-refractivity contribution in [3.8, 4) is 0 Å². The van der Waals surface area contributed by atoms with Gasteiger partial charge in [-0.15, -0.1) is 0 Å². The van der Waals surface area contributed by atoms with E-state index in [1.54, 1.807) is 0 Å². The van der Waals surface area contributed by atoms with Gasteiger partial charge in [-0.25, -0.2) is 14.5 Å². The Morgan fingerprint density at radius 2 is 1.96 bits per heavy atom. The molecular formula is C17H22BrN5O. The maximum absolute atomic E-state index is 13.1. The van der Waals surface area contributed by atoms with Crippen molar-refractivity contribution in [2.75, 3.05) is 20.1 Å². The molecule has 1 saturated carbocycles. The highest BCUT2D eigenvalue weighted by atomic mass is 79.9. The van der Waals surface area contributed by atoms with Crippen LogP contribution in [-0.2, 0) is 5.41 Å². The fraction of sp³-hybridized carbons (Fsp3) is 0.588. The Balaban J connectivity index is 1.77. The van der Waals surface area contributed by atoms with Crippen LogP contribution < -0.4 is 0 Å². The maximum atomic E-state index is 13.1. The van der Waals surface area contributed by atoms with Gasteiger partial charge in [0.1, 0.15) is 10.3 Å². The molecule has 24 heavy (non-hydrogen) atoms. The second kappa shape index (κ2) is 5.81. The van der Waals surface area contributed by atoms with E-state index in [4.69, 9.17) is 0 Å². The highest BCUT2D eigenvalue weighted by Gasteiger charge is 2.42. The molecule has 1 amide bonds. The topological polar surface area (TPSA) is 53.7 Å². The Kier molecular flexibility index (Phi) is 3.88. The summed E-state index contributed by atoms with van der Waals surface area (Å²) in [7, 11) is 1.99. The van der Waals surface area contributed by atoms with E-state index in [0.29, 0.717) is 5.69 Å². The SMILES string of the molecule is CN1CCCCCN1C(=O)c1cc(C2(C)CC2)n2nc(Br)cc2n1. The summed E-state index contributed by atoms with van der Waals surface area (Å²) in [5.41, 5.74) is 2.44. The minimum atomic E-state index is -0.00952. The predicted octanol–water partition coefficient (Wildman–Crippen LogP) is 3.02. The van der Waals surface area contributed by atoms with Gasteiger partial charge in [-0.05, 0) is 47.7 Å². The number of carbonyl (C=O) groups is 1. The number of hydrogen-bond donors (Lipinski definition) is 0. The van der Waals surface area contributed by atoms with Crippen molar-refractivity contribution >= 4 is 27.5 Å². The fourth-order valence-electron chi connectivity index (χ4n) is 3.39. The Morgan fingerprint density at radius 3 is 2.71 bits per heavy atom. The number of rotatable bonds is 2. The third-order valence-corrected chi connectivity index (χ3v) is 5.62. The maximum Gasteiger partial charge on any atom is 0.286 e. The van der Waals surface area contributed by atoms with E-state index in [1.807, 2.05) is 33.7 Å². The average molecular weight is 392 g/mol. The van der Waals surface area contributed by atoms with Crippen molar-refractivity contribution in [2.24, 2.45) is 0 Å². The summed E-state index contributed by atoms with van der Waals surface area (Å²) in [6.45, 7) is 3.90. The lowest BCUT2D eigenvalue weighted by molar-refractivity contribution is 0.0113. The van der Waals surface area contributed by atoms with Gasteiger partial charge in [-0.1, -0.05) is 13.3 Å². The second-order valence-electron chi connectivity index (χ2n) is 7.19. The Labute approximate surface area is 149 Å². The lowest BCUT2D eigenvalue weighted by atomic mass is 10.0. The monoisotopic (exact) mass is 391 g/mol. The van der Waals surface area contributed by atoms with Gasteiger partial charge in [-0.2, -0.15) is 5.10 Å². The number of hydrazine groups is 1. The third-order valence-electron chi connectivity index (χ3n) is 5.23. The molecule has 3 heterocycles. The lowest BCUT2D eigenvalue weighted by Gasteiger charge is -2.29. The molecule has 1 aliphatic heterocycles. The molecule has 0 unspecified atom stereocenters. The zero-order chi connectivity index (χ0) is 16.9. The normalized spacial score (nSPS) is 21.0. The van der Waals surface area contributed by atoms with E-state index < -0.39 is 0 Å². The second-order valence-corrected chi connectivity index (χ2v) is 8.01. The van der Waals surface area contributed by atoms with Crippen LogP contribution in [0.2, 0.25) is 0 Å². The summed E-state index contributed by atoms with van der Waals surface area (Å²) < 4.78 is 2.62. The van der Waals surface area contributed by atoms with E-state index >= 15 is 0 Å². The molecule has 0 aromatic carbocycles. The van der Waals surface area contributed by atoms with Crippen LogP contribution in [0.15, 0.2) is 16.7 Å². The Morgan fingerprint density at radius 1 is 1.21 bits per heavy atom. The molecule has 2 aromatic heterocycles. The van der Waals surface area contributed by atoms with Crippen molar-refractivity contribution in [3.05, 3.63) is 28.1 Å². The molecule has 0 atom stereocenters. The van der Waals surface area contributed by atoms with Gasteiger partial charge in [0.2, 0.25) is 0 Å². The summed E-state index contributed by atoms with van der Waals surface area (Å²) in [4.78, 5) is 17.7. The van der Waals surface area contributed by atoms with Crippen LogP contribution in [-0.4, -0.2) is 50.7 Å². The smallest absolute Gasteiger partial charge is 0.270 e. The Hall–Kier alpha value is -1.47.